The molecule has 1 saturated heterocycles. The Labute approximate surface area is 166 Å². The van der Waals surface area contributed by atoms with Crippen LogP contribution in [0.5, 0.6) is 0 Å². The highest BCUT2D eigenvalue weighted by Crippen LogP contribution is 2.28. The number of likely N-dealkylation sites (tertiary alicyclic amines) is 1. The minimum absolute atomic E-state index is 0.0337. The Morgan fingerprint density at radius 3 is 2.82 bits per heavy atom. The highest BCUT2D eigenvalue weighted by molar-refractivity contribution is 6.02. The number of ketones is 1. The fourth-order valence-electron chi connectivity index (χ4n) is 4.00. The number of unbranched alkanes of at least 4 members (excludes halogenated alkanes) is 2. The molecule has 1 N–H and O–H groups in total. The van der Waals surface area contributed by atoms with Crippen molar-refractivity contribution >= 4 is 22.7 Å². The summed E-state index contributed by atoms with van der Waals surface area (Å²) in [6.07, 6.45) is 6.42. The first-order valence-corrected chi connectivity index (χ1v) is 10.2. The molecule has 0 amide bonds. The van der Waals surface area contributed by atoms with E-state index in [0.717, 1.165) is 56.2 Å². The number of aromatic nitrogens is 1. The van der Waals surface area contributed by atoms with Crippen molar-refractivity contribution in [1.82, 2.24) is 9.88 Å². The number of nitrogens with zero attached hydrogens (tertiary/aromatic N) is 1. The van der Waals surface area contributed by atoms with Gasteiger partial charge >= 0.3 is 5.97 Å². The maximum absolute atomic E-state index is 13.1. The average molecular weight is 383 g/mol. The lowest BCUT2D eigenvalue weighted by molar-refractivity contribution is -0.140. The molecule has 0 unspecified atom stereocenters. The summed E-state index contributed by atoms with van der Waals surface area (Å²) >= 11 is 0. The largest absolute Gasteiger partial charge is 0.469 e. The number of carbonyl (C=O) groups is 2. The Bertz CT molecular complexity index is 819. The Morgan fingerprint density at radius 2 is 2.07 bits per heavy atom. The quantitative estimate of drug-likeness (QED) is 0.319. The number of Topliss-reactive ketones (excluding diaryl/α,β-unsaturated/α-hetero) is 1. The van der Waals surface area contributed by atoms with Gasteiger partial charge in [0.2, 0.25) is 0 Å². The summed E-state index contributed by atoms with van der Waals surface area (Å²) in [5.74, 6) is 0.0307. The molecule has 1 aliphatic rings. The number of carbonyl (C=O) groups excluding carboxylic acids is 2. The number of benzene rings is 1. The molecule has 3 rings (SSSR count). The van der Waals surface area contributed by atoms with E-state index in [1.807, 2.05) is 37.3 Å². The van der Waals surface area contributed by atoms with Crippen LogP contribution in [0.2, 0.25) is 0 Å². The Morgan fingerprint density at radius 1 is 1.25 bits per heavy atom. The number of H-pyrrole nitrogens is 1. The summed E-state index contributed by atoms with van der Waals surface area (Å²) in [4.78, 5) is 30.0. The molecule has 1 fully saturated rings. The van der Waals surface area contributed by atoms with Crippen LogP contribution in [0.3, 0.4) is 0 Å². The topological polar surface area (TPSA) is 62.4 Å². The first kappa shape index (κ1) is 20.3. The molecule has 0 bridgehead atoms. The zero-order valence-electron chi connectivity index (χ0n) is 16.9. The third kappa shape index (κ3) is 4.90. The lowest BCUT2D eigenvalue weighted by atomic mass is 9.86. The number of esters is 1. The molecule has 1 aliphatic heterocycles. The van der Waals surface area contributed by atoms with Gasteiger partial charge in [0.1, 0.15) is 0 Å². The minimum Gasteiger partial charge on any atom is -0.469 e. The fraction of sp³-hybridized carbons (Fsp3) is 0.478. The normalized spacial score (nSPS) is 19.2. The molecule has 0 saturated carbocycles. The molecule has 1 aromatic heterocycles. The monoisotopic (exact) mass is 382 g/mol. The van der Waals surface area contributed by atoms with Crippen LogP contribution in [0.1, 0.15) is 49.5 Å². The number of allylic oxidation sites excluding steroid dienone is 1. The number of aromatic amines is 1. The van der Waals surface area contributed by atoms with Crippen molar-refractivity contribution in [2.24, 2.45) is 5.92 Å². The van der Waals surface area contributed by atoms with Gasteiger partial charge in [-0.2, -0.15) is 0 Å². The van der Waals surface area contributed by atoms with Crippen molar-refractivity contribution < 1.29 is 14.3 Å². The number of fused-ring (bicyclic) bond motifs is 1. The van der Waals surface area contributed by atoms with Crippen molar-refractivity contribution in [3.63, 3.8) is 0 Å². The number of methoxy groups -OCH3 is 1. The summed E-state index contributed by atoms with van der Waals surface area (Å²) in [5.41, 5.74) is 2.93. The molecule has 5 heteroatoms. The van der Waals surface area contributed by atoms with Crippen LogP contribution in [-0.4, -0.2) is 48.4 Å². The van der Waals surface area contributed by atoms with Gasteiger partial charge in [0.25, 0.3) is 0 Å². The second kappa shape index (κ2) is 9.69. The second-order valence-corrected chi connectivity index (χ2v) is 7.50. The molecular weight excluding hydrogens is 352 g/mol. The second-order valence-electron chi connectivity index (χ2n) is 7.50. The van der Waals surface area contributed by atoms with Crippen molar-refractivity contribution in [3.05, 3.63) is 47.7 Å². The predicted molar refractivity (Wildman–Crippen MR) is 111 cm³/mol. The molecule has 0 aliphatic carbocycles. The predicted octanol–water partition coefficient (Wildman–Crippen LogP) is 4.35. The van der Waals surface area contributed by atoms with Crippen molar-refractivity contribution in [2.75, 3.05) is 26.7 Å². The number of hydrogen-bond donors (Lipinski definition) is 1. The average Bonchev–Trinajstić information content (AvgIpc) is 3.17. The Kier molecular flexibility index (Phi) is 7.04. The van der Waals surface area contributed by atoms with Crippen LogP contribution in [0.15, 0.2) is 42.0 Å². The van der Waals surface area contributed by atoms with Gasteiger partial charge < -0.3 is 9.72 Å². The molecule has 2 heterocycles. The molecule has 1 aromatic carbocycles. The Hall–Kier alpha value is -2.40. The van der Waals surface area contributed by atoms with E-state index in [1.165, 1.54) is 12.7 Å². The molecule has 0 radical (unpaired) electrons. The SMILES string of the molecule is C/C=C1/CN(CCCCCC(=O)OC)CC[C@H]1C(=O)c1cc2ccccc2[nH]1. The highest BCUT2D eigenvalue weighted by atomic mass is 16.5. The molecule has 28 heavy (non-hydrogen) atoms. The number of piperidine rings is 1. The van der Waals surface area contributed by atoms with Crippen LogP contribution in [-0.2, 0) is 9.53 Å². The lowest BCUT2D eigenvalue weighted by Gasteiger charge is -2.33. The molecule has 5 nitrogen and oxygen atoms in total. The van der Waals surface area contributed by atoms with Crippen LogP contribution < -0.4 is 0 Å². The lowest BCUT2D eigenvalue weighted by Crippen LogP contribution is -2.38. The van der Waals surface area contributed by atoms with E-state index < -0.39 is 0 Å². The van der Waals surface area contributed by atoms with E-state index in [9.17, 15) is 9.59 Å². The van der Waals surface area contributed by atoms with E-state index >= 15 is 0 Å². The standard InChI is InChI=1S/C23H30N2O3/c1-3-17-16-25(13-8-4-5-11-22(26)28-2)14-12-19(17)23(27)21-15-18-9-6-7-10-20(18)24-21/h3,6-7,9-10,15,19,24H,4-5,8,11-14,16H2,1-2H3/b17-3-/t19-/m1/s1. The number of nitrogens with one attached hydrogen (secondary N) is 1. The number of para-hydroxylation sites is 1. The van der Waals surface area contributed by atoms with Crippen LogP contribution in [0, 0.1) is 5.92 Å². The van der Waals surface area contributed by atoms with E-state index in [-0.39, 0.29) is 17.7 Å². The van der Waals surface area contributed by atoms with Crippen LogP contribution >= 0.6 is 0 Å². The smallest absolute Gasteiger partial charge is 0.305 e. The van der Waals surface area contributed by atoms with Gasteiger partial charge in [-0.25, -0.2) is 0 Å². The third-order valence-corrected chi connectivity index (χ3v) is 5.65. The zero-order chi connectivity index (χ0) is 19.9. The van der Waals surface area contributed by atoms with Gasteiger partial charge in [0, 0.05) is 29.8 Å². The summed E-state index contributed by atoms with van der Waals surface area (Å²) in [6.45, 7) is 4.82. The van der Waals surface area contributed by atoms with Gasteiger partial charge in [-0.15, -0.1) is 0 Å². The van der Waals surface area contributed by atoms with Crippen molar-refractivity contribution in [1.29, 1.82) is 0 Å². The summed E-state index contributed by atoms with van der Waals surface area (Å²) < 4.78 is 4.67. The van der Waals surface area contributed by atoms with Gasteiger partial charge in [-0.05, 0) is 57.0 Å². The fourth-order valence-corrected chi connectivity index (χ4v) is 4.00. The minimum atomic E-state index is -0.132. The van der Waals surface area contributed by atoms with Crippen LogP contribution in [0.25, 0.3) is 10.9 Å². The van der Waals surface area contributed by atoms with Crippen LogP contribution in [0.4, 0.5) is 0 Å². The maximum Gasteiger partial charge on any atom is 0.305 e. The first-order valence-electron chi connectivity index (χ1n) is 10.2. The van der Waals surface area contributed by atoms with Crippen molar-refractivity contribution in [2.45, 2.75) is 39.0 Å². The van der Waals surface area contributed by atoms with Gasteiger partial charge in [-0.1, -0.05) is 30.7 Å². The number of hydrogen-bond acceptors (Lipinski definition) is 4. The van der Waals surface area contributed by atoms with E-state index in [0.29, 0.717) is 12.1 Å². The number of rotatable bonds is 8. The summed E-state index contributed by atoms with van der Waals surface area (Å²) in [7, 11) is 1.43. The van der Waals surface area contributed by atoms with Gasteiger partial charge in [0.05, 0.1) is 12.8 Å². The van der Waals surface area contributed by atoms with Gasteiger partial charge in [0.15, 0.2) is 5.78 Å². The third-order valence-electron chi connectivity index (χ3n) is 5.65. The zero-order valence-corrected chi connectivity index (χ0v) is 16.9. The molecule has 0 spiro atoms. The van der Waals surface area contributed by atoms with Crippen molar-refractivity contribution in [3.8, 4) is 0 Å². The first-order chi connectivity index (χ1) is 13.6. The molecular formula is C23H30N2O3. The molecule has 150 valence electrons. The maximum atomic E-state index is 13.1. The van der Waals surface area contributed by atoms with E-state index in [1.54, 1.807) is 0 Å². The van der Waals surface area contributed by atoms with E-state index in [4.69, 9.17) is 0 Å². The summed E-state index contributed by atoms with van der Waals surface area (Å²) in [6, 6.07) is 9.98. The molecule has 2 aromatic rings. The number of ether oxygens (including phenoxy) is 1. The Balaban J connectivity index is 1.53. The molecule has 1 atom stereocenters. The summed E-state index contributed by atoms with van der Waals surface area (Å²) in [5, 5.41) is 1.08. The van der Waals surface area contributed by atoms with E-state index in [2.05, 4.69) is 20.7 Å². The highest BCUT2D eigenvalue weighted by Gasteiger charge is 2.30. The van der Waals surface area contributed by atoms with Gasteiger partial charge in [-0.3, -0.25) is 14.5 Å².